The number of rotatable bonds is 5. The van der Waals surface area contributed by atoms with E-state index in [4.69, 9.17) is 5.11 Å². The lowest BCUT2D eigenvalue weighted by molar-refractivity contribution is -0.137. The maximum Gasteiger partial charge on any atom is 0.323 e. The molecular formula is C16H14BrNO3. The highest BCUT2D eigenvalue weighted by molar-refractivity contribution is 9.10. The molecule has 2 aromatic rings. The van der Waals surface area contributed by atoms with Gasteiger partial charge in [0.15, 0.2) is 0 Å². The Labute approximate surface area is 131 Å². The minimum atomic E-state index is -1.04. The number of amides is 1. The summed E-state index contributed by atoms with van der Waals surface area (Å²) in [6, 6.07) is 16.3. The predicted molar refractivity (Wildman–Crippen MR) is 83.0 cm³/mol. The van der Waals surface area contributed by atoms with Crippen LogP contribution in [0.2, 0.25) is 0 Å². The second-order valence-corrected chi connectivity index (χ2v) is 5.37. The Morgan fingerprint density at radius 2 is 1.62 bits per heavy atom. The molecule has 0 saturated carbocycles. The molecule has 0 aliphatic heterocycles. The molecule has 2 rings (SSSR count). The predicted octanol–water partition coefficient (Wildman–Crippen LogP) is 3.18. The minimum Gasteiger partial charge on any atom is -0.480 e. The van der Waals surface area contributed by atoms with Gasteiger partial charge in [0.25, 0.3) is 5.91 Å². The first-order chi connectivity index (χ1) is 10.1. The number of carbonyl (C=O) groups excluding carboxylic acids is 1. The quantitative estimate of drug-likeness (QED) is 0.903. The van der Waals surface area contributed by atoms with E-state index in [2.05, 4.69) is 15.9 Å². The molecule has 1 amide bonds. The molecule has 4 nitrogen and oxygen atoms in total. The van der Waals surface area contributed by atoms with Crippen LogP contribution in [0.15, 0.2) is 59.1 Å². The molecule has 0 heterocycles. The highest BCUT2D eigenvalue weighted by Gasteiger charge is 2.20. The molecule has 108 valence electrons. The monoisotopic (exact) mass is 347 g/mol. The lowest BCUT2D eigenvalue weighted by Gasteiger charge is -2.21. The summed E-state index contributed by atoms with van der Waals surface area (Å²) in [7, 11) is 0. The van der Waals surface area contributed by atoms with E-state index >= 15 is 0 Å². The highest BCUT2D eigenvalue weighted by Crippen LogP contribution is 2.19. The van der Waals surface area contributed by atoms with Crippen molar-refractivity contribution in [2.75, 3.05) is 6.54 Å². The Morgan fingerprint density at radius 3 is 2.24 bits per heavy atom. The van der Waals surface area contributed by atoms with Crippen molar-refractivity contribution in [3.8, 4) is 0 Å². The first-order valence-electron chi connectivity index (χ1n) is 6.37. The Kier molecular flexibility index (Phi) is 5.11. The van der Waals surface area contributed by atoms with Crippen LogP contribution in [0.4, 0.5) is 0 Å². The summed E-state index contributed by atoms with van der Waals surface area (Å²) in [4.78, 5) is 24.9. The van der Waals surface area contributed by atoms with Crippen LogP contribution in [0.1, 0.15) is 15.9 Å². The molecule has 0 fully saturated rings. The minimum absolute atomic E-state index is 0.257. The van der Waals surface area contributed by atoms with Gasteiger partial charge in [0.2, 0.25) is 0 Å². The van der Waals surface area contributed by atoms with E-state index in [0.29, 0.717) is 10.0 Å². The number of hydrogen-bond acceptors (Lipinski definition) is 2. The summed E-state index contributed by atoms with van der Waals surface area (Å²) in [5.41, 5.74) is 1.34. The summed E-state index contributed by atoms with van der Waals surface area (Å²) in [5.74, 6) is -1.35. The zero-order valence-corrected chi connectivity index (χ0v) is 12.8. The zero-order chi connectivity index (χ0) is 15.2. The summed E-state index contributed by atoms with van der Waals surface area (Å²) in [6.07, 6.45) is 0. The molecule has 5 heteroatoms. The van der Waals surface area contributed by atoms with Crippen molar-refractivity contribution >= 4 is 27.8 Å². The van der Waals surface area contributed by atoms with Crippen molar-refractivity contribution in [1.29, 1.82) is 0 Å². The van der Waals surface area contributed by atoms with Gasteiger partial charge in [0.1, 0.15) is 6.54 Å². The van der Waals surface area contributed by atoms with Crippen molar-refractivity contribution in [1.82, 2.24) is 4.90 Å². The fraction of sp³-hybridized carbons (Fsp3) is 0.125. The Hall–Kier alpha value is -2.14. The number of carboxylic acids is 1. The van der Waals surface area contributed by atoms with Crippen LogP contribution >= 0.6 is 15.9 Å². The average Bonchev–Trinajstić information content (AvgIpc) is 2.47. The summed E-state index contributed by atoms with van der Waals surface area (Å²) < 4.78 is 0.651. The van der Waals surface area contributed by atoms with Gasteiger partial charge in [0, 0.05) is 11.0 Å². The van der Waals surface area contributed by atoms with Gasteiger partial charge >= 0.3 is 5.97 Å². The van der Waals surface area contributed by atoms with Crippen molar-refractivity contribution in [2.45, 2.75) is 6.54 Å². The second-order valence-electron chi connectivity index (χ2n) is 4.52. The summed E-state index contributed by atoms with van der Waals surface area (Å²) in [5, 5.41) is 9.02. The lowest BCUT2D eigenvalue weighted by Crippen LogP contribution is -2.35. The molecule has 0 unspecified atom stereocenters. The molecule has 1 N–H and O–H groups in total. The zero-order valence-electron chi connectivity index (χ0n) is 11.2. The van der Waals surface area contributed by atoms with Crippen molar-refractivity contribution in [2.24, 2.45) is 0 Å². The van der Waals surface area contributed by atoms with Gasteiger partial charge in [-0.1, -0.05) is 42.5 Å². The SMILES string of the molecule is O=C(O)CN(Cc1ccccc1)C(=O)c1ccccc1Br. The maximum absolute atomic E-state index is 12.5. The van der Waals surface area contributed by atoms with E-state index in [0.717, 1.165) is 5.56 Å². The number of hydrogen-bond donors (Lipinski definition) is 1. The van der Waals surface area contributed by atoms with Gasteiger partial charge < -0.3 is 10.0 Å². The van der Waals surface area contributed by atoms with E-state index in [9.17, 15) is 9.59 Å². The van der Waals surface area contributed by atoms with Gasteiger partial charge in [-0.25, -0.2) is 0 Å². The number of halogens is 1. The number of nitrogens with zero attached hydrogens (tertiary/aromatic N) is 1. The first kappa shape index (κ1) is 15.3. The Balaban J connectivity index is 2.25. The summed E-state index contributed by atoms with van der Waals surface area (Å²) in [6.45, 7) is -0.0810. The molecule has 21 heavy (non-hydrogen) atoms. The van der Waals surface area contributed by atoms with Crippen LogP contribution in [0.25, 0.3) is 0 Å². The molecule has 0 aliphatic carbocycles. The van der Waals surface area contributed by atoms with E-state index in [1.807, 2.05) is 30.3 Å². The van der Waals surface area contributed by atoms with Gasteiger partial charge in [0.05, 0.1) is 5.56 Å². The number of aliphatic carboxylic acids is 1. The van der Waals surface area contributed by atoms with Crippen LogP contribution in [0, 0.1) is 0 Å². The van der Waals surface area contributed by atoms with E-state index in [1.165, 1.54) is 4.90 Å². The molecule has 0 atom stereocenters. The first-order valence-corrected chi connectivity index (χ1v) is 7.17. The standard InChI is InChI=1S/C16H14BrNO3/c17-14-9-5-4-8-13(14)16(21)18(11-15(19)20)10-12-6-2-1-3-7-12/h1-9H,10-11H2,(H,19,20). The average molecular weight is 348 g/mol. The normalized spacial score (nSPS) is 10.1. The molecule has 0 aliphatic rings. The molecule has 0 aromatic heterocycles. The molecule has 0 bridgehead atoms. The van der Waals surface area contributed by atoms with Gasteiger partial charge in [-0.05, 0) is 33.6 Å². The number of carboxylic acid groups (broad SMARTS) is 1. The van der Waals surface area contributed by atoms with Crippen molar-refractivity contribution in [3.63, 3.8) is 0 Å². The Morgan fingerprint density at radius 1 is 1.00 bits per heavy atom. The third-order valence-electron chi connectivity index (χ3n) is 2.93. The third kappa shape index (κ3) is 4.16. The van der Waals surface area contributed by atoms with Gasteiger partial charge in [-0.3, -0.25) is 9.59 Å². The lowest BCUT2D eigenvalue weighted by atomic mass is 10.1. The van der Waals surface area contributed by atoms with E-state index < -0.39 is 5.97 Å². The summed E-state index contributed by atoms with van der Waals surface area (Å²) >= 11 is 3.32. The van der Waals surface area contributed by atoms with Crippen LogP contribution < -0.4 is 0 Å². The molecule has 2 aromatic carbocycles. The van der Waals surface area contributed by atoms with Gasteiger partial charge in [-0.15, -0.1) is 0 Å². The highest BCUT2D eigenvalue weighted by atomic mass is 79.9. The smallest absolute Gasteiger partial charge is 0.323 e. The topological polar surface area (TPSA) is 57.6 Å². The number of carbonyl (C=O) groups is 2. The fourth-order valence-electron chi connectivity index (χ4n) is 1.97. The van der Waals surface area contributed by atoms with Crippen LogP contribution in [-0.4, -0.2) is 28.4 Å². The van der Waals surface area contributed by atoms with Crippen LogP contribution in [0.5, 0.6) is 0 Å². The van der Waals surface area contributed by atoms with Gasteiger partial charge in [-0.2, -0.15) is 0 Å². The maximum atomic E-state index is 12.5. The molecular weight excluding hydrogens is 334 g/mol. The fourth-order valence-corrected chi connectivity index (χ4v) is 2.43. The Bertz CT molecular complexity index is 643. The van der Waals surface area contributed by atoms with E-state index in [1.54, 1.807) is 24.3 Å². The largest absolute Gasteiger partial charge is 0.480 e. The van der Waals surface area contributed by atoms with Crippen LogP contribution in [0.3, 0.4) is 0 Å². The van der Waals surface area contributed by atoms with Crippen LogP contribution in [-0.2, 0) is 11.3 Å². The molecule has 0 saturated heterocycles. The van der Waals surface area contributed by atoms with Crippen molar-refractivity contribution < 1.29 is 14.7 Å². The second kappa shape index (κ2) is 7.04. The number of benzene rings is 2. The van der Waals surface area contributed by atoms with Crippen molar-refractivity contribution in [3.05, 3.63) is 70.2 Å². The third-order valence-corrected chi connectivity index (χ3v) is 3.63. The molecule has 0 spiro atoms. The molecule has 0 radical (unpaired) electrons. The van der Waals surface area contributed by atoms with E-state index in [-0.39, 0.29) is 19.0 Å².